The lowest BCUT2D eigenvalue weighted by molar-refractivity contribution is 0.109. The molecule has 2 aliphatic rings. The Labute approximate surface area is 93.5 Å². The summed E-state index contributed by atoms with van der Waals surface area (Å²) in [6.07, 6.45) is 3.82. The first kappa shape index (κ1) is 11.4. The number of fused-ring (bicyclic) bond motifs is 2. The molecule has 0 aliphatic heterocycles. The van der Waals surface area contributed by atoms with Crippen molar-refractivity contribution in [2.75, 3.05) is 6.54 Å². The van der Waals surface area contributed by atoms with Gasteiger partial charge in [-0.15, -0.1) is 0 Å². The summed E-state index contributed by atoms with van der Waals surface area (Å²) < 4.78 is 0. The molecule has 4 atom stereocenters. The van der Waals surface area contributed by atoms with E-state index < -0.39 is 0 Å². The predicted molar refractivity (Wildman–Crippen MR) is 62.7 cm³/mol. The van der Waals surface area contributed by atoms with Crippen molar-refractivity contribution in [3.8, 4) is 0 Å². The van der Waals surface area contributed by atoms with Gasteiger partial charge >= 0.3 is 0 Å². The van der Waals surface area contributed by atoms with Gasteiger partial charge in [-0.05, 0) is 42.9 Å². The molecule has 2 unspecified atom stereocenters. The minimum absolute atomic E-state index is 0.226. The summed E-state index contributed by atoms with van der Waals surface area (Å²) in [6.45, 7) is 9.87. The minimum atomic E-state index is -0.226. The molecule has 0 spiro atoms. The summed E-state index contributed by atoms with van der Waals surface area (Å²) in [7, 11) is 0. The summed E-state index contributed by atoms with van der Waals surface area (Å²) in [5.41, 5.74) is 0.913. The Morgan fingerprint density at radius 3 is 2.47 bits per heavy atom. The van der Waals surface area contributed by atoms with Gasteiger partial charge < -0.3 is 10.4 Å². The van der Waals surface area contributed by atoms with E-state index in [-0.39, 0.29) is 6.10 Å². The normalized spacial score (nSPS) is 44.6. The van der Waals surface area contributed by atoms with Gasteiger partial charge in [-0.1, -0.05) is 20.8 Å². The van der Waals surface area contributed by atoms with Crippen LogP contribution >= 0.6 is 0 Å². The van der Waals surface area contributed by atoms with Gasteiger partial charge in [0.05, 0.1) is 6.10 Å². The van der Waals surface area contributed by atoms with Gasteiger partial charge in [-0.2, -0.15) is 0 Å². The number of aliphatic hydroxyl groups excluding tert-OH is 1. The molecular weight excluding hydrogens is 186 g/mol. The molecule has 0 aromatic rings. The van der Waals surface area contributed by atoms with Crippen molar-refractivity contribution in [1.82, 2.24) is 5.32 Å². The largest absolute Gasteiger partial charge is 0.392 e. The van der Waals surface area contributed by atoms with Gasteiger partial charge in [0, 0.05) is 12.6 Å². The lowest BCUT2D eigenvalue weighted by Gasteiger charge is -2.39. The molecule has 2 rings (SSSR count). The van der Waals surface area contributed by atoms with E-state index in [9.17, 15) is 5.11 Å². The number of rotatable bonds is 3. The molecule has 0 aromatic heterocycles. The highest BCUT2D eigenvalue weighted by Crippen LogP contribution is 2.65. The van der Waals surface area contributed by atoms with Crippen molar-refractivity contribution in [2.24, 2.45) is 16.7 Å². The van der Waals surface area contributed by atoms with Gasteiger partial charge in [-0.25, -0.2) is 0 Å². The Hall–Kier alpha value is -0.0800. The highest BCUT2D eigenvalue weighted by molar-refractivity contribution is 5.12. The molecule has 2 saturated carbocycles. The highest BCUT2D eigenvalue weighted by atomic mass is 16.3. The molecule has 0 heterocycles. The fourth-order valence-corrected chi connectivity index (χ4v) is 3.83. The van der Waals surface area contributed by atoms with Crippen LogP contribution in [0, 0.1) is 16.7 Å². The van der Waals surface area contributed by atoms with E-state index in [2.05, 4.69) is 26.1 Å². The molecule has 0 amide bonds. The second-order valence-electron chi connectivity index (χ2n) is 6.42. The monoisotopic (exact) mass is 211 g/mol. The topological polar surface area (TPSA) is 32.3 Å². The van der Waals surface area contributed by atoms with Crippen LogP contribution in [0.5, 0.6) is 0 Å². The van der Waals surface area contributed by atoms with E-state index in [4.69, 9.17) is 0 Å². The van der Waals surface area contributed by atoms with Crippen LogP contribution in [0.15, 0.2) is 0 Å². The summed E-state index contributed by atoms with van der Waals surface area (Å²) in [5.74, 6) is 0.883. The molecule has 2 bridgehead atoms. The molecule has 0 radical (unpaired) electrons. The molecular formula is C13H25NO. The average molecular weight is 211 g/mol. The second-order valence-corrected chi connectivity index (χ2v) is 6.42. The Balaban J connectivity index is 2.06. The Bertz CT molecular complexity index is 249. The van der Waals surface area contributed by atoms with E-state index >= 15 is 0 Å². The molecule has 88 valence electrons. The van der Waals surface area contributed by atoms with Crippen LogP contribution in [0.25, 0.3) is 0 Å². The van der Waals surface area contributed by atoms with Crippen LogP contribution in [-0.2, 0) is 0 Å². The fourth-order valence-electron chi connectivity index (χ4n) is 3.83. The van der Waals surface area contributed by atoms with Gasteiger partial charge in [0.15, 0.2) is 0 Å². The Kier molecular flexibility index (Phi) is 2.63. The van der Waals surface area contributed by atoms with E-state index in [1.807, 2.05) is 6.92 Å². The number of hydrogen-bond acceptors (Lipinski definition) is 2. The van der Waals surface area contributed by atoms with Crippen molar-refractivity contribution < 1.29 is 5.11 Å². The van der Waals surface area contributed by atoms with Crippen LogP contribution in [0.1, 0.15) is 47.0 Å². The SMILES string of the molecule is C[C@@H](O)CNC1CC2CC[C@@]1(C)C2(C)C. The summed E-state index contributed by atoms with van der Waals surface area (Å²) in [5, 5.41) is 12.9. The Morgan fingerprint density at radius 2 is 2.07 bits per heavy atom. The van der Waals surface area contributed by atoms with Gasteiger partial charge in [0.2, 0.25) is 0 Å². The number of nitrogens with one attached hydrogen (secondary N) is 1. The predicted octanol–water partition coefficient (Wildman–Crippen LogP) is 2.17. The van der Waals surface area contributed by atoms with E-state index in [1.165, 1.54) is 19.3 Å². The van der Waals surface area contributed by atoms with Crippen LogP contribution in [0.4, 0.5) is 0 Å². The van der Waals surface area contributed by atoms with Crippen LogP contribution in [-0.4, -0.2) is 23.8 Å². The third-order valence-electron chi connectivity index (χ3n) is 5.45. The Morgan fingerprint density at radius 1 is 1.40 bits per heavy atom. The first-order chi connectivity index (χ1) is 6.88. The van der Waals surface area contributed by atoms with Crippen molar-refractivity contribution in [1.29, 1.82) is 0 Å². The van der Waals surface area contributed by atoms with Gasteiger partial charge in [-0.3, -0.25) is 0 Å². The fraction of sp³-hybridized carbons (Fsp3) is 1.00. The van der Waals surface area contributed by atoms with Crippen molar-refractivity contribution in [2.45, 2.75) is 59.1 Å². The first-order valence-electron chi connectivity index (χ1n) is 6.29. The number of aliphatic hydroxyl groups is 1. The molecule has 2 aliphatic carbocycles. The quantitative estimate of drug-likeness (QED) is 0.750. The highest BCUT2D eigenvalue weighted by Gasteiger charge is 2.60. The smallest absolute Gasteiger partial charge is 0.0636 e. The van der Waals surface area contributed by atoms with E-state index in [1.54, 1.807) is 0 Å². The maximum absolute atomic E-state index is 9.33. The van der Waals surface area contributed by atoms with Crippen molar-refractivity contribution in [3.63, 3.8) is 0 Å². The zero-order valence-corrected chi connectivity index (χ0v) is 10.5. The molecule has 15 heavy (non-hydrogen) atoms. The lowest BCUT2D eigenvalue weighted by Crippen LogP contribution is -2.46. The standard InChI is InChI=1S/C13H25NO/c1-9(15)8-14-11-7-10-5-6-13(11,4)12(10,2)3/h9-11,14-15H,5-8H2,1-4H3/t9-,10?,11?,13-/m1/s1. The summed E-state index contributed by atoms with van der Waals surface area (Å²) >= 11 is 0. The van der Waals surface area contributed by atoms with Gasteiger partial charge in [0.25, 0.3) is 0 Å². The van der Waals surface area contributed by atoms with Crippen LogP contribution in [0.3, 0.4) is 0 Å². The maximum atomic E-state index is 9.33. The molecule has 2 fully saturated rings. The second kappa shape index (κ2) is 3.46. The summed E-state index contributed by atoms with van der Waals surface area (Å²) in [6, 6.07) is 0.612. The van der Waals surface area contributed by atoms with Crippen molar-refractivity contribution >= 4 is 0 Å². The average Bonchev–Trinajstić information content (AvgIpc) is 2.46. The molecule has 2 N–H and O–H groups in total. The summed E-state index contributed by atoms with van der Waals surface area (Å²) in [4.78, 5) is 0. The zero-order valence-electron chi connectivity index (χ0n) is 10.5. The third kappa shape index (κ3) is 1.53. The van der Waals surface area contributed by atoms with E-state index in [0.29, 0.717) is 16.9 Å². The molecule has 0 saturated heterocycles. The maximum Gasteiger partial charge on any atom is 0.0636 e. The van der Waals surface area contributed by atoms with Crippen molar-refractivity contribution in [3.05, 3.63) is 0 Å². The number of hydrogen-bond donors (Lipinski definition) is 2. The molecule has 2 nitrogen and oxygen atoms in total. The third-order valence-corrected chi connectivity index (χ3v) is 5.45. The van der Waals surface area contributed by atoms with Crippen LogP contribution < -0.4 is 5.32 Å². The minimum Gasteiger partial charge on any atom is -0.392 e. The first-order valence-corrected chi connectivity index (χ1v) is 6.29. The van der Waals surface area contributed by atoms with Crippen LogP contribution in [0.2, 0.25) is 0 Å². The van der Waals surface area contributed by atoms with Gasteiger partial charge in [0.1, 0.15) is 0 Å². The molecule has 0 aromatic carbocycles. The lowest BCUT2D eigenvalue weighted by atomic mass is 9.69. The van der Waals surface area contributed by atoms with E-state index in [0.717, 1.165) is 12.5 Å². The zero-order chi connectivity index (χ0) is 11.3. The molecule has 2 heteroatoms.